The zero-order valence-electron chi connectivity index (χ0n) is 16.3. The second-order valence-corrected chi connectivity index (χ2v) is 6.94. The third kappa shape index (κ3) is 4.71. The maximum atomic E-state index is 14.1. The van der Waals surface area contributed by atoms with E-state index in [9.17, 15) is 22.4 Å². The summed E-state index contributed by atoms with van der Waals surface area (Å²) in [6, 6.07) is 7.85. The Morgan fingerprint density at radius 1 is 1.16 bits per heavy atom. The molecule has 1 atom stereocenters. The van der Waals surface area contributed by atoms with Gasteiger partial charge in [-0.25, -0.2) is 17.6 Å². The van der Waals surface area contributed by atoms with Gasteiger partial charge in [-0.05, 0) is 43.3 Å². The van der Waals surface area contributed by atoms with E-state index in [-0.39, 0.29) is 29.3 Å². The molecular weight excluding hydrogens is 416 g/mol. The molecule has 0 saturated carbocycles. The number of carbonyl (C=O) groups excluding carboxylic acids is 1. The number of anilines is 1. The smallest absolute Gasteiger partial charge is 0.282 e. The molecule has 0 radical (unpaired) electrons. The number of aromatic nitrogens is 3. The molecule has 162 valence electrons. The number of nitrogen functional groups attached to an aromatic ring is 1. The summed E-state index contributed by atoms with van der Waals surface area (Å²) in [5, 5.41) is 3.83. The van der Waals surface area contributed by atoms with Gasteiger partial charge in [-0.3, -0.25) is 19.5 Å². The summed E-state index contributed by atoms with van der Waals surface area (Å²) in [6.45, 7) is 1.75. The van der Waals surface area contributed by atoms with Crippen LogP contribution in [0.4, 0.5) is 23.2 Å². The Balaban J connectivity index is 0.000000254. The Bertz CT molecular complexity index is 1130. The lowest BCUT2D eigenvalue weighted by molar-refractivity contribution is 0.111. The molecule has 1 aliphatic rings. The van der Waals surface area contributed by atoms with Crippen LogP contribution in [0.25, 0.3) is 0 Å². The SMILES string of the molecule is CC1(c2cc(N)ccc2F)Cn2nc(C(F)F)cc2C(N)=N1.O=Cc1ccc(F)cn1. The minimum absolute atomic E-state index is 0.0370. The van der Waals surface area contributed by atoms with E-state index in [1.165, 1.54) is 41.1 Å². The zero-order valence-corrected chi connectivity index (χ0v) is 16.3. The summed E-state index contributed by atoms with van der Waals surface area (Å²) >= 11 is 0. The number of pyridine rings is 1. The molecule has 0 saturated heterocycles. The average molecular weight is 434 g/mol. The Hall–Kier alpha value is -3.76. The van der Waals surface area contributed by atoms with Gasteiger partial charge in [0.25, 0.3) is 6.43 Å². The first-order valence-electron chi connectivity index (χ1n) is 8.97. The molecule has 0 amide bonds. The molecule has 0 bridgehead atoms. The van der Waals surface area contributed by atoms with Crippen LogP contribution in [0.15, 0.2) is 47.6 Å². The van der Waals surface area contributed by atoms with Crippen LogP contribution in [-0.2, 0) is 12.1 Å². The van der Waals surface area contributed by atoms with Crippen LogP contribution >= 0.6 is 0 Å². The Kier molecular flexibility index (Phi) is 6.04. The first-order valence-corrected chi connectivity index (χ1v) is 8.97. The third-order valence-electron chi connectivity index (χ3n) is 4.55. The number of rotatable bonds is 3. The van der Waals surface area contributed by atoms with Crippen molar-refractivity contribution in [3.63, 3.8) is 0 Å². The summed E-state index contributed by atoms with van der Waals surface area (Å²) in [5.41, 5.74) is 11.3. The molecule has 4 rings (SSSR count). The summed E-state index contributed by atoms with van der Waals surface area (Å²) in [5.74, 6) is -0.881. The van der Waals surface area contributed by atoms with Crippen LogP contribution in [-0.4, -0.2) is 26.9 Å². The minimum Gasteiger partial charge on any atom is -0.399 e. The van der Waals surface area contributed by atoms with Gasteiger partial charge in [0.1, 0.15) is 40.1 Å². The third-order valence-corrected chi connectivity index (χ3v) is 4.55. The topological polar surface area (TPSA) is 112 Å². The first kappa shape index (κ1) is 21.9. The highest BCUT2D eigenvalue weighted by molar-refractivity contribution is 5.97. The Morgan fingerprint density at radius 3 is 2.52 bits per heavy atom. The van der Waals surface area contributed by atoms with Crippen molar-refractivity contribution in [2.45, 2.75) is 25.4 Å². The van der Waals surface area contributed by atoms with Crippen LogP contribution in [0, 0.1) is 11.6 Å². The van der Waals surface area contributed by atoms with E-state index < -0.39 is 23.6 Å². The predicted molar refractivity (Wildman–Crippen MR) is 106 cm³/mol. The number of hydrogen-bond acceptors (Lipinski definition) is 6. The van der Waals surface area contributed by atoms with Gasteiger partial charge in [0.15, 0.2) is 6.29 Å². The largest absolute Gasteiger partial charge is 0.399 e. The standard InChI is InChI=1S/C14H14F3N5.C6H4FNO/c1-14(8-4-7(18)2-3-9(8)15)6-22-11(13(19)20-14)5-10(21-22)12(16)17;7-5-1-2-6(4-9)8-3-5/h2-5,12H,6,18H2,1H3,(H2,19,20);1-4H. The number of fused-ring (bicyclic) bond motifs is 1. The van der Waals surface area contributed by atoms with Gasteiger partial charge in [0.2, 0.25) is 0 Å². The maximum absolute atomic E-state index is 14.1. The monoisotopic (exact) mass is 434 g/mol. The van der Waals surface area contributed by atoms with Crippen LogP contribution in [0.5, 0.6) is 0 Å². The van der Waals surface area contributed by atoms with Gasteiger partial charge in [0.05, 0.1) is 12.7 Å². The highest BCUT2D eigenvalue weighted by Gasteiger charge is 2.36. The lowest BCUT2D eigenvalue weighted by atomic mass is 9.90. The van der Waals surface area contributed by atoms with E-state index in [0.29, 0.717) is 17.7 Å². The van der Waals surface area contributed by atoms with Crippen molar-refractivity contribution in [1.82, 2.24) is 14.8 Å². The van der Waals surface area contributed by atoms with E-state index in [2.05, 4.69) is 15.1 Å². The number of nitrogens with zero attached hydrogens (tertiary/aromatic N) is 4. The van der Waals surface area contributed by atoms with Gasteiger partial charge in [-0.1, -0.05) is 0 Å². The lowest BCUT2D eigenvalue weighted by Gasteiger charge is -2.31. The summed E-state index contributed by atoms with van der Waals surface area (Å²) in [4.78, 5) is 17.7. The number of aliphatic imine (C=N–C) groups is 1. The summed E-state index contributed by atoms with van der Waals surface area (Å²) < 4.78 is 53.1. The molecule has 4 N–H and O–H groups in total. The van der Waals surface area contributed by atoms with Crippen LogP contribution in [0.1, 0.15) is 40.8 Å². The predicted octanol–water partition coefficient (Wildman–Crippen LogP) is 3.21. The van der Waals surface area contributed by atoms with Crippen molar-refractivity contribution in [3.8, 4) is 0 Å². The van der Waals surface area contributed by atoms with E-state index in [1.54, 1.807) is 6.92 Å². The van der Waals surface area contributed by atoms with Crippen molar-refractivity contribution < 1.29 is 22.4 Å². The van der Waals surface area contributed by atoms with Crippen molar-refractivity contribution >= 4 is 17.8 Å². The highest BCUT2D eigenvalue weighted by atomic mass is 19.3. The zero-order chi connectivity index (χ0) is 22.8. The molecule has 0 spiro atoms. The number of hydrogen-bond donors (Lipinski definition) is 2. The molecule has 0 aliphatic carbocycles. The van der Waals surface area contributed by atoms with Gasteiger partial charge in [-0.2, -0.15) is 5.10 Å². The summed E-state index contributed by atoms with van der Waals surface area (Å²) in [6.07, 6.45) is -1.13. The average Bonchev–Trinajstić information content (AvgIpc) is 3.15. The normalized spacial score (nSPS) is 17.4. The molecule has 0 fully saturated rings. The molecule has 3 aromatic rings. The first-order chi connectivity index (χ1) is 14.6. The Labute approximate surface area is 174 Å². The summed E-state index contributed by atoms with van der Waals surface area (Å²) in [7, 11) is 0. The van der Waals surface area contributed by atoms with Crippen molar-refractivity contribution in [2.75, 3.05) is 5.73 Å². The van der Waals surface area contributed by atoms with Gasteiger partial charge >= 0.3 is 0 Å². The Morgan fingerprint density at radius 2 is 1.90 bits per heavy atom. The molecule has 1 unspecified atom stereocenters. The highest BCUT2D eigenvalue weighted by Crippen LogP contribution is 2.35. The molecular formula is C20H18F4N6O. The van der Waals surface area contributed by atoms with E-state index in [4.69, 9.17) is 11.5 Å². The van der Waals surface area contributed by atoms with E-state index in [0.717, 1.165) is 6.20 Å². The maximum Gasteiger partial charge on any atom is 0.282 e. The molecule has 1 aromatic carbocycles. The number of benzene rings is 1. The second kappa shape index (κ2) is 8.54. The van der Waals surface area contributed by atoms with Crippen molar-refractivity contribution in [2.24, 2.45) is 10.7 Å². The van der Waals surface area contributed by atoms with Gasteiger partial charge in [-0.15, -0.1) is 0 Å². The van der Waals surface area contributed by atoms with Crippen molar-refractivity contribution in [1.29, 1.82) is 0 Å². The lowest BCUT2D eigenvalue weighted by Crippen LogP contribution is -2.37. The number of alkyl halides is 2. The molecule has 2 aromatic heterocycles. The molecule has 11 heteroatoms. The van der Waals surface area contributed by atoms with Gasteiger partial charge < -0.3 is 11.5 Å². The molecule has 3 heterocycles. The number of carbonyl (C=O) groups is 1. The molecule has 7 nitrogen and oxygen atoms in total. The van der Waals surface area contributed by atoms with E-state index >= 15 is 0 Å². The minimum atomic E-state index is -2.71. The fourth-order valence-electron chi connectivity index (χ4n) is 3.08. The molecule has 1 aliphatic heterocycles. The fourth-order valence-corrected chi connectivity index (χ4v) is 3.08. The number of nitrogens with two attached hydrogens (primary N) is 2. The molecule has 31 heavy (non-hydrogen) atoms. The number of halogens is 4. The number of amidine groups is 1. The van der Waals surface area contributed by atoms with Crippen molar-refractivity contribution in [3.05, 3.63) is 76.9 Å². The van der Waals surface area contributed by atoms with Gasteiger partial charge in [0, 0.05) is 11.3 Å². The quantitative estimate of drug-likeness (QED) is 0.374. The number of aldehydes is 1. The second-order valence-electron chi connectivity index (χ2n) is 6.94. The fraction of sp³-hybridized carbons (Fsp3) is 0.200. The van der Waals surface area contributed by atoms with Crippen LogP contribution < -0.4 is 11.5 Å². The van der Waals surface area contributed by atoms with Crippen LogP contribution in [0.3, 0.4) is 0 Å². The van der Waals surface area contributed by atoms with Crippen LogP contribution in [0.2, 0.25) is 0 Å². The van der Waals surface area contributed by atoms with E-state index in [1.807, 2.05) is 0 Å².